The van der Waals surface area contributed by atoms with Crippen molar-refractivity contribution in [1.82, 2.24) is 15.0 Å². The zero-order chi connectivity index (χ0) is 17.2. The lowest BCUT2D eigenvalue weighted by molar-refractivity contribution is 0.311. The standard InChI is InChI=1S/C18H15ClN4O2/c19-14-2-3-15(22-10-14)12-8-13-11-23(18-20-4-1-5-21-18)6-7-25-17(13)16(24)9-12/h1-5,8-10,24H,6-7,11H2. The van der Waals surface area contributed by atoms with Gasteiger partial charge in [0, 0.05) is 36.3 Å². The highest BCUT2D eigenvalue weighted by atomic mass is 35.5. The number of halogens is 1. The number of pyridine rings is 1. The fourth-order valence-corrected chi connectivity index (χ4v) is 2.93. The summed E-state index contributed by atoms with van der Waals surface area (Å²) in [6.45, 7) is 1.61. The molecule has 7 heteroatoms. The molecule has 1 N–H and O–H groups in total. The lowest BCUT2D eigenvalue weighted by atomic mass is 10.0. The van der Waals surface area contributed by atoms with Crippen LogP contribution in [0.15, 0.2) is 48.9 Å². The van der Waals surface area contributed by atoms with Gasteiger partial charge in [-0.1, -0.05) is 11.6 Å². The minimum Gasteiger partial charge on any atom is -0.504 e. The summed E-state index contributed by atoms with van der Waals surface area (Å²) in [6.07, 6.45) is 5.00. The van der Waals surface area contributed by atoms with E-state index < -0.39 is 0 Å². The molecule has 3 aromatic rings. The molecule has 6 nitrogen and oxygen atoms in total. The third-order valence-corrected chi connectivity index (χ3v) is 4.20. The van der Waals surface area contributed by atoms with Crippen LogP contribution in [0.1, 0.15) is 5.56 Å². The average molecular weight is 355 g/mol. The van der Waals surface area contributed by atoms with Crippen molar-refractivity contribution in [2.75, 3.05) is 18.1 Å². The van der Waals surface area contributed by atoms with Gasteiger partial charge in [-0.25, -0.2) is 9.97 Å². The van der Waals surface area contributed by atoms with Crippen molar-refractivity contribution in [1.29, 1.82) is 0 Å². The lowest BCUT2D eigenvalue weighted by Gasteiger charge is -2.19. The number of phenolic OH excluding ortho intramolecular Hbond substituents is 1. The van der Waals surface area contributed by atoms with Crippen molar-refractivity contribution < 1.29 is 9.84 Å². The van der Waals surface area contributed by atoms with E-state index in [0.29, 0.717) is 36.4 Å². The van der Waals surface area contributed by atoms with E-state index in [2.05, 4.69) is 15.0 Å². The van der Waals surface area contributed by atoms with Gasteiger partial charge in [0.15, 0.2) is 11.5 Å². The van der Waals surface area contributed by atoms with Gasteiger partial charge in [-0.05, 0) is 30.3 Å². The Labute approximate surface area is 149 Å². The van der Waals surface area contributed by atoms with Crippen molar-refractivity contribution in [3.63, 3.8) is 0 Å². The molecule has 1 aromatic carbocycles. The van der Waals surface area contributed by atoms with Crippen molar-refractivity contribution in [3.05, 3.63) is 59.5 Å². The van der Waals surface area contributed by atoms with E-state index in [1.54, 1.807) is 36.8 Å². The maximum atomic E-state index is 10.4. The van der Waals surface area contributed by atoms with Crippen LogP contribution in [0.3, 0.4) is 0 Å². The van der Waals surface area contributed by atoms with Crippen LogP contribution in [-0.4, -0.2) is 33.2 Å². The molecule has 0 spiro atoms. The molecule has 25 heavy (non-hydrogen) atoms. The molecule has 0 atom stereocenters. The summed E-state index contributed by atoms with van der Waals surface area (Å²) in [5, 5.41) is 11.0. The minimum absolute atomic E-state index is 0.0973. The summed E-state index contributed by atoms with van der Waals surface area (Å²) in [6, 6.07) is 8.99. The third kappa shape index (κ3) is 3.21. The van der Waals surface area contributed by atoms with Crippen molar-refractivity contribution in [3.8, 4) is 22.8 Å². The van der Waals surface area contributed by atoms with E-state index in [0.717, 1.165) is 16.8 Å². The van der Waals surface area contributed by atoms with Crippen LogP contribution in [0, 0.1) is 0 Å². The first-order valence-electron chi connectivity index (χ1n) is 7.83. The molecule has 0 aliphatic carbocycles. The van der Waals surface area contributed by atoms with E-state index in [1.165, 1.54) is 0 Å². The Morgan fingerprint density at radius 2 is 1.96 bits per heavy atom. The Hall–Kier alpha value is -2.86. The minimum atomic E-state index is 0.0973. The van der Waals surface area contributed by atoms with E-state index in [1.807, 2.05) is 17.0 Å². The number of nitrogens with zero attached hydrogens (tertiary/aromatic N) is 4. The number of fused-ring (bicyclic) bond motifs is 1. The molecular weight excluding hydrogens is 340 g/mol. The Morgan fingerprint density at radius 1 is 1.12 bits per heavy atom. The van der Waals surface area contributed by atoms with Gasteiger partial charge < -0.3 is 14.7 Å². The maximum absolute atomic E-state index is 10.4. The number of benzene rings is 1. The molecule has 4 rings (SSSR count). The fraction of sp³-hybridized carbons (Fsp3) is 0.167. The molecule has 0 fully saturated rings. The number of hydrogen-bond acceptors (Lipinski definition) is 6. The Kier molecular flexibility index (Phi) is 4.11. The molecule has 0 radical (unpaired) electrons. The van der Waals surface area contributed by atoms with Crippen LogP contribution in [0.5, 0.6) is 11.5 Å². The highest BCUT2D eigenvalue weighted by Crippen LogP contribution is 2.37. The Morgan fingerprint density at radius 3 is 2.72 bits per heavy atom. The topological polar surface area (TPSA) is 71.4 Å². The van der Waals surface area contributed by atoms with Gasteiger partial charge in [0.2, 0.25) is 5.95 Å². The molecule has 1 aliphatic rings. The number of anilines is 1. The van der Waals surface area contributed by atoms with Crippen LogP contribution in [0.4, 0.5) is 5.95 Å². The second kappa shape index (κ2) is 6.57. The van der Waals surface area contributed by atoms with E-state index in [-0.39, 0.29) is 5.75 Å². The molecule has 1 aliphatic heterocycles. The summed E-state index contributed by atoms with van der Waals surface area (Å²) in [7, 11) is 0. The van der Waals surface area contributed by atoms with Crippen molar-refractivity contribution in [2.45, 2.75) is 6.54 Å². The summed E-state index contributed by atoms with van der Waals surface area (Å²) < 4.78 is 5.75. The average Bonchev–Trinajstić information content (AvgIpc) is 2.86. The summed E-state index contributed by atoms with van der Waals surface area (Å²) >= 11 is 5.90. The molecule has 0 bridgehead atoms. The van der Waals surface area contributed by atoms with Gasteiger partial charge in [0.05, 0.1) is 17.3 Å². The van der Waals surface area contributed by atoms with Crippen molar-refractivity contribution in [2.24, 2.45) is 0 Å². The van der Waals surface area contributed by atoms with Gasteiger partial charge in [-0.3, -0.25) is 4.98 Å². The zero-order valence-corrected chi connectivity index (χ0v) is 14.0. The second-order valence-electron chi connectivity index (χ2n) is 5.66. The van der Waals surface area contributed by atoms with E-state index in [9.17, 15) is 5.11 Å². The number of aromatic nitrogens is 3. The van der Waals surface area contributed by atoms with Crippen LogP contribution < -0.4 is 9.64 Å². The van der Waals surface area contributed by atoms with Crippen LogP contribution in [-0.2, 0) is 6.54 Å². The smallest absolute Gasteiger partial charge is 0.225 e. The molecular formula is C18H15ClN4O2. The highest BCUT2D eigenvalue weighted by Gasteiger charge is 2.21. The van der Waals surface area contributed by atoms with Crippen molar-refractivity contribution >= 4 is 17.5 Å². The summed E-state index contributed by atoms with van der Waals surface area (Å²) in [5.41, 5.74) is 2.39. The first-order valence-corrected chi connectivity index (χ1v) is 8.21. The van der Waals surface area contributed by atoms with E-state index >= 15 is 0 Å². The van der Waals surface area contributed by atoms with Gasteiger partial charge >= 0.3 is 0 Å². The summed E-state index contributed by atoms with van der Waals surface area (Å²) in [4.78, 5) is 14.9. The zero-order valence-electron chi connectivity index (χ0n) is 13.3. The fourth-order valence-electron chi connectivity index (χ4n) is 2.82. The highest BCUT2D eigenvalue weighted by molar-refractivity contribution is 6.30. The first-order chi connectivity index (χ1) is 12.2. The van der Waals surface area contributed by atoms with Gasteiger partial charge in [0.25, 0.3) is 0 Å². The molecule has 126 valence electrons. The number of ether oxygens (including phenoxy) is 1. The largest absolute Gasteiger partial charge is 0.504 e. The molecule has 0 amide bonds. The molecule has 0 saturated heterocycles. The van der Waals surface area contributed by atoms with Gasteiger partial charge in [0.1, 0.15) is 6.61 Å². The number of phenols is 1. The monoisotopic (exact) mass is 354 g/mol. The van der Waals surface area contributed by atoms with Crippen LogP contribution >= 0.6 is 11.6 Å². The van der Waals surface area contributed by atoms with Crippen LogP contribution in [0.2, 0.25) is 5.02 Å². The Bertz CT molecular complexity index is 888. The Balaban J connectivity index is 1.73. The number of hydrogen-bond donors (Lipinski definition) is 1. The second-order valence-corrected chi connectivity index (χ2v) is 6.10. The lowest BCUT2D eigenvalue weighted by Crippen LogP contribution is -2.26. The molecule has 3 heterocycles. The SMILES string of the molecule is Oc1cc(-c2ccc(Cl)cn2)cc2c1OCCN(c1ncccn1)C2. The van der Waals surface area contributed by atoms with Crippen LogP contribution in [0.25, 0.3) is 11.3 Å². The summed E-state index contributed by atoms with van der Waals surface area (Å²) in [5.74, 6) is 1.23. The predicted octanol–water partition coefficient (Wildman–Crippen LogP) is 3.30. The quantitative estimate of drug-likeness (QED) is 0.761. The van der Waals surface area contributed by atoms with Gasteiger partial charge in [-0.2, -0.15) is 0 Å². The van der Waals surface area contributed by atoms with Gasteiger partial charge in [-0.15, -0.1) is 0 Å². The molecule has 0 unspecified atom stereocenters. The maximum Gasteiger partial charge on any atom is 0.225 e. The predicted molar refractivity (Wildman–Crippen MR) is 94.9 cm³/mol. The molecule has 0 saturated carbocycles. The number of rotatable bonds is 2. The number of aromatic hydroxyl groups is 1. The molecule has 2 aromatic heterocycles. The van der Waals surface area contributed by atoms with E-state index in [4.69, 9.17) is 16.3 Å². The normalized spacial score (nSPS) is 13.7. The first kappa shape index (κ1) is 15.7. The third-order valence-electron chi connectivity index (χ3n) is 3.97.